The van der Waals surface area contributed by atoms with Crippen LogP contribution in [-0.2, 0) is 11.3 Å². The molecule has 0 amide bonds. The van der Waals surface area contributed by atoms with Crippen molar-refractivity contribution in [1.82, 2.24) is 15.1 Å². The molecule has 108 valence electrons. The highest BCUT2D eigenvalue weighted by Gasteiger charge is 2.18. The third-order valence-corrected chi connectivity index (χ3v) is 4.45. The molecular formula is C10H18IN5OS2. The standard InChI is InChI=1S/C10H17N5OS2.HI/c1-7-6-15(3-4-16-7)9(11)12-5-8-13-14-10(17-2)18-8;/h7H,3-6H2,1-2H3,(H2,11,12);1H. The summed E-state index contributed by atoms with van der Waals surface area (Å²) in [4.78, 5) is 6.41. The molecule has 19 heavy (non-hydrogen) atoms. The zero-order chi connectivity index (χ0) is 13.0. The van der Waals surface area contributed by atoms with Crippen LogP contribution >= 0.6 is 47.1 Å². The van der Waals surface area contributed by atoms with E-state index in [1.54, 1.807) is 23.1 Å². The summed E-state index contributed by atoms with van der Waals surface area (Å²) in [6, 6.07) is 0. The van der Waals surface area contributed by atoms with E-state index in [4.69, 9.17) is 10.5 Å². The lowest BCUT2D eigenvalue weighted by atomic mass is 10.3. The van der Waals surface area contributed by atoms with E-state index in [9.17, 15) is 0 Å². The minimum absolute atomic E-state index is 0. The third-order valence-electron chi connectivity index (χ3n) is 2.56. The number of halogens is 1. The van der Waals surface area contributed by atoms with Crippen LogP contribution < -0.4 is 5.73 Å². The molecule has 1 aromatic rings. The highest BCUT2D eigenvalue weighted by atomic mass is 127. The number of rotatable bonds is 3. The number of hydrogen-bond acceptors (Lipinski definition) is 6. The summed E-state index contributed by atoms with van der Waals surface area (Å²) < 4.78 is 6.42. The third kappa shape index (κ3) is 5.04. The maximum Gasteiger partial charge on any atom is 0.191 e. The number of morpholine rings is 1. The first kappa shape index (κ1) is 16.9. The van der Waals surface area contributed by atoms with Gasteiger partial charge in [0.05, 0.1) is 19.3 Å². The molecule has 1 saturated heterocycles. The number of aromatic nitrogens is 2. The van der Waals surface area contributed by atoms with E-state index in [2.05, 4.69) is 15.2 Å². The van der Waals surface area contributed by atoms with Gasteiger partial charge in [-0.3, -0.25) is 0 Å². The van der Waals surface area contributed by atoms with E-state index in [1.165, 1.54) is 0 Å². The van der Waals surface area contributed by atoms with E-state index in [1.807, 2.05) is 18.1 Å². The molecule has 0 radical (unpaired) electrons. The Morgan fingerprint density at radius 2 is 2.42 bits per heavy atom. The van der Waals surface area contributed by atoms with Gasteiger partial charge in [0.2, 0.25) is 0 Å². The minimum atomic E-state index is 0. The molecule has 1 atom stereocenters. The van der Waals surface area contributed by atoms with Crippen LogP contribution in [0.1, 0.15) is 11.9 Å². The van der Waals surface area contributed by atoms with Crippen LogP contribution in [0.4, 0.5) is 0 Å². The number of guanidine groups is 1. The van der Waals surface area contributed by atoms with Gasteiger partial charge in [0.1, 0.15) is 5.01 Å². The first-order chi connectivity index (χ1) is 8.69. The minimum Gasteiger partial charge on any atom is -0.375 e. The average Bonchev–Trinajstić information content (AvgIpc) is 2.84. The van der Waals surface area contributed by atoms with Crippen LogP contribution in [0.2, 0.25) is 0 Å². The Balaban J connectivity index is 0.00000180. The normalized spacial score (nSPS) is 20.2. The van der Waals surface area contributed by atoms with Gasteiger partial charge in [0, 0.05) is 13.1 Å². The Morgan fingerprint density at radius 1 is 1.63 bits per heavy atom. The lowest BCUT2D eigenvalue weighted by Crippen LogP contribution is -2.47. The molecule has 1 fully saturated rings. The van der Waals surface area contributed by atoms with Gasteiger partial charge in [0.25, 0.3) is 0 Å². The summed E-state index contributed by atoms with van der Waals surface area (Å²) in [5.41, 5.74) is 5.97. The Morgan fingerprint density at radius 3 is 3.05 bits per heavy atom. The molecule has 1 aliphatic rings. The first-order valence-electron chi connectivity index (χ1n) is 5.72. The van der Waals surface area contributed by atoms with Crippen LogP contribution in [0.3, 0.4) is 0 Å². The van der Waals surface area contributed by atoms with Gasteiger partial charge in [0.15, 0.2) is 10.3 Å². The second-order valence-electron chi connectivity index (χ2n) is 3.97. The molecule has 1 aromatic heterocycles. The van der Waals surface area contributed by atoms with Crippen LogP contribution in [0.25, 0.3) is 0 Å². The van der Waals surface area contributed by atoms with Crippen LogP contribution in [-0.4, -0.2) is 53.1 Å². The van der Waals surface area contributed by atoms with E-state index in [0.717, 1.165) is 22.4 Å². The lowest BCUT2D eigenvalue weighted by Gasteiger charge is -2.31. The van der Waals surface area contributed by atoms with Crippen LogP contribution in [0.5, 0.6) is 0 Å². The van der Waals surface area contributed by atoms with Gasteiger partial charge < -0.3 is 15.4 Å². The predicted octanol–water partition coefficient (Wildman–Crippen LogP) is 1.41. The van der Waals surface area contributed by atoms with Crippen molar-refractivity contribution in [2.75, 3.05) is 26.0 Å². The Labute approximate surface area is 138 Å². The van der Waals surface area contributed by atoms with Crippen molar-refractivity contribution in [3.8, 4) is 0 Å². The molecule has 6 nitrogen and oxygen atoms in total. The maximum atomic E-state index is 5.97. The average molecular weight is 415 g/mol. The SMILES string of the molecule is CSc1nnc(CN=C(N)N2CCOC(C)C2)s1.I. The van der Waals surface area contributed by atoms with Crippen molar-refractivity contribution >= 4 is 53.0 Å². The molecular weight excluding hydrogens is 397 g/mol. The second kappa shape index (κ2) is 8.22. The van der Waals surface area contributed by atoms with Crippen molar-refractivity contribution in [2.45, 2.75) is 23.9 Å². The molecule has 2 rings (SSSR count). The Bertz CT molecular complexity index is 428. The van der Waals surface area contributed by atoms with Crippen molar-refractivity contribution < 1.29 is 4.74 Å². The number of aliphatic imine (C=N–C) groups is 1. The summed E-state index contributed by atoms with van der Waals surface area (Å²) in [7, 11) is 0. The van der Waals surface area contributed by atoms with Crippen LogP contribution in [0, 0.1) is 0 Å². The zero-order valence-electron chi connectivity index (χ0n) is 10.9. The fourth-order valence-corrected chi connectivity index (χ4v) is 2.90. The summed E-state index contributed by atoms with van der Waals surface area (Å²) in [5, 5.41) is 8.98. The number of hydrogen-bond donors (Lipinski definition) is 1. The van der Waals surface area contributed by atoms with Crippen LogP contribution in [0.15, 0.2) is 9.33 Å². The molecule has 0 spiro atoms. The van der Waals surface area contributed by atoms with E-state index in [-0.39, 0.29) is 30.1 Å². The largest absolute Gasteiger partial charge is 0.375 e. The molecule has 0 aromatic carbocycles. The smallest absolute Gasteiger partial charge is 0.191 e. The Kier molecular flexibility index (Phi) is 7.32. The number of thioether (sulfide) groups is 1. The molecule has 0 bridgehead atoms. The summed E-state index contributed by atoms with van der Waals surface area (Å²) in [5.74, 6) is 0.561. The van der Waals surface area contributed by atoms with Gasteiger partial charge in [-0.1, -0.05) is 23.1 Å². The maximum absolute atomic E-state index is 5.97. The van der Waals surface area contributed by atoms with E-state index in [0.29, 0.717) is 19.1 Å². The second-order valence-corrected chi connectivity index (χ2v) is 6.08. The first-order valence-corrected chi connectivity index (χ1v) is 7.76. The fraction of sp³-hybridized carbons (Fsp3) is 0.700. The highest BCUT2D eigenvalue weighted by molar-refractivity contribution is 14.0. The number of nitrogens with zero attached hydrogens (tertiary/aromatic N) is 4. The van der Waals surface area contributed by atoms with Crippen molar-refractivity contribution in [1.29, 1.82) is 0 Å². The van der Waals surface area contributed by atoms with Gasteiger partial charge >= 0.3 is 0 Å². The molecule has 2 heterocycles. The quantitative estimate of drug-likeness (QED) is 0.348. The number of ether oxygens (including phenoxy) is 1. The summed E-state index contributed by atoms with van der Waals surface area (Å²) in [6.45, 7) is 4.82. The molecule has 2 N–H and O–H groups in total. The fourth-order valence-electron chi connectivity index (χ4n) is 1.66. The monoisotopic (exact) mass is 415 g/mol. The van der Waals surface area contributed by atoms with Crippen molar-refractivity contribution in [3.63, 3.8) is 0 Å². The topological polar surface area (TPSA) is 76.6 Å². The molecule has 9 heteroatoms. The van der Waals surface area contributed by atoms with E-state index < -0.39 is 0 Å². The van der Waals surface area contributed by atoms with Gasteiger partial charge in [-0.15, -0.1) is 34.2 Å². The predicted molar refractivity (Wildman–Crippen MR) is 89.4 cm³/mol. The number of nitrogens with two attached hydrogens (primary N) is 1. The van der Waals surface area contributed by atoms with E-state index >= 15 is 0 Å². The molecule has 1 aliphatic heterocycles. The summed E-state index contributed by atoms with van der Waals surface area (Å²) in [6.07, 6.45) is 2.19. The van der Waals surface area contributed by atoms with Gasteiger partial charge in [-0.05, 0) is 13.2 Å². The molecule has 0 aliphatic carbocycles. The lowest BCUT2D eigenvalue weighted by molar-refractivity contribution is 0.00529. The van der Waals surface area contributed by atoms with Gasteiger partial charge in [-0.25, -0.2) is 4.99 Å². The molecule has 0 saturated carbocycles. The van der Waals surface area contributed by atoms with Crippen molar-refractivity contribution in [2.24, 2.45) is 10.7 Å². The summed E-state index contributed by atoms with van der Waals surface area (Å²) >= 11 is 3.15. The zero-order valence-corrected chi connectivity index (χ0v) is 14.9. The highest BCUT2D eigenvalue weighted by Crippen LogP contribution is 2.19. The van der Waals surface area contributed by atoms with Gasteiger partial charge in [-0.2, -0.15) is 0 Å². The van der Waals surface area contributed by atoms with Crippen molar-refractivity contribution in [3.05, 3.63) is 5.01 Å². The Hall–Kier alpha value is -0.130. The molecule has 1 unspecified atom stereocenters.